The molecule has 2 aliphatic rings. The molecule has 6 heteroatoms. The van der Waals surface area contributed by atoms with E-state index < -0.39 is 0 Å². The van der Waals surface area contributed by atoms with Gasteiger partial charge in [-0.15, -0.1) is 0 Å². The Hall–Kier alpha value is -0.170. The summed E-state index contributed by atoms with van der Waals surface area (Å²) in [5.41, 5.74) is 0. The summed E-state index contributed by atoms with van der Waals surface area (Å²) < 4.78 is 2.18. The van der Waals surface area contributed by atoms with Crippen molar-refractivity contribution in [3.63, 3.8) is 0 Å². The average Bonchev–Trinajstić information content (AvgIpc) is 2.06. The molecule has 1 fully saturated rings. The van der Waals surface area contributed by atoms with Gasteiger partial charge in [-0.2, -0.15) is 0 Å². The van der Waals surface area contributed by atoms with Crippen LogP contribution in [-0.2, 0) is 0 Å². The summed E-state index contributed by atoms with van der Waals surface area (Å²) in [5, 5.41) is 0. The van der Waals surface area contributed by atoms with Crippen LogP contribution in [0.5, 0.6) is 0 Å². The predicted octanol–water partition coefficient (Wildman–Crippen LogP) is -1.53. The second-order valence-electron chi connectivity index (χ2n) is 3.07. The fourth-order valence-electron chi connectivity index (χ4n) is 1.66. The molecule has 2 aliphatic heterocycles. The Morgan fingerprint density at radius 1 is 1.27 bits per heavy atom. The summed E-state index contributed by atoms with van der Waals surface area (Å²) >= 11 is 0. The van der Waals surface area contributed by atoms with Crippen LogP contribution < -0.4 is 0 Å². The lowest BCUT2D eigenvalue weighted by atomic mass is 9.72. The summed E-state index contributed by atoms with van der Waals surface area (Å²) in [4.78, 5) is 6.86. The Kier molecular flexibility index (Phi) is 2.08. The number of rotatable bonds is 0. The smallest absolute Gasteiger partial charge is 0.196 e. The maximum atomic E-state index is 4.48. The van der Waals surface area contributed by atoms with Gasteiger partial charge in [-0.05, 0) is 28.7 Å². The summed E-state index contributed by atoms with van der Waals surface area (Å²) in [6, 6.07) is 0. The molecule has 2 heterocycles. The summed E-state index contributed by atoms with van der Waals surface area (Å²) in [6.07, 6.45) is 4.55. The molecule has 1 atom stereocenters. The zero-order valence-electron chi connectivity index (χ0n) is 6.66. The van der Waals surface area contributed by atoms with Gasteiger partial charge in [0.1, 0.15) is 0 Å². The van der Waals surface area contributed by atoms with Crippen molar-refractivity contribution in [2.24, 2.45) is 4.99 Å². The van der Waals surface area contributed by atoms with Crippen molar-refractivity contribution >= 4 is 29.9 Å². The van der Waals surface area contributed by atoms with Gasteiger partial charge in [-0.1, -0.05) is 0 Å². The SMILES string of the molecule is PN1CBCN2CBCN=C12. The third kappa shape index (κ3) is 1.39. The minimum absolute atomic E-state index is 1.01. The average molecular weight is 167 g/mol. The van der Waals surface area contributed by atoms with Crippen LogP contribution in [0.15, 0.2) is 4.99 Å². The van der Waals surface area contributed by atoms with Gasteiger partial charge in [-0.3, -0.25) is 4.99 Å². The summed E-state index contributed by atoms with van der Waals surface area (Å²) in [7, 11) is 5.23. The van der Waals surface area contributed by atoms with E-state index in [4.69, 9.17) is 0 Å². The second-order valence-corrected chi connectivity index (χ2v) is 3.69. The molecule has 11 heavy (non-hydrogen) atoms. The molecule has 0 aromatic rings. The molecule has 0 amide bonds. The standard InChI is InChI=1S/C5H12B2N3P/c11-10-4-7-3-9-2-6-1-8-5(9)10/h6-7H,1-4,11H2. The lowest BCUT2D eigenvalue weighted by Crippen LogP contribution is -2.53. The van der Waals surface area contributed by atoms with E-state index in [2.05, 4.69) is 24.0 Å². The maximum absolute atomic E-state index is 4.48. The van der Waals surface area contributed by atoms with Crippen LogP contribution >= 0.6 is 9.39 Å². The van der Waals surface area contributed by atoms with E-state index in [1.807, 2.05) is 0 Å². The third-order valence-electron chi connectivity index (χ3n) is 2.21. The van der Waals surface area contributed by atoms with Crippen LogP contribution in [-0.4, -0.2) is 55.9 Å². The van der Waals surface area contributed by atoms with Gasteiger partial charge < -0.3 is 9.57 Å². The number of fused-ring (bicyclic) bond motifs is 1. The lowest BCUT2D eigenvalue weighted by Gasteiger charge is -2.38. The zero-order valence-corrected chi connectivity index (χ0v) is 7.82. The van der Waals surface area contributed by atoms with Crippen molar-refractivity contribution in [1.29, 1.82) is 0 Å². The molecular formula is C5H12B2N3P. The van der Waals surface area contributed by atoms with Gasteiger partial charge >= 0.3 is 0 Å². The Morgan fingerprint density at radius 3 is 2.91 bits per heavy atom. The van der Waals surface area contributed by atoms with Crippen molar-refractivity contribution in [1.82, 2.24) is 9.57 Å². The molecule has 1 saturated heterocycles. The van der Waals surface area contributed by atoms with Crippen LogP contribution in [0.4, 0.5) is 0 Å². The fourth-order valence-corrected chi connectivity index (χ4v) is 2.08. The number of hydrogen-bond acceptors (Lipinski definition) is 3. The van der Waals surface area contributed by atoms with Crippen LogP contribution in [0, 0.1) is 0 Å². The molecule has 0 aliphatic carbocycles. The van der Waals surface area contributed by atoms with Crippen molar-refractivity contribution in [3.8, 4) is 0 Å². The van der Waals surface area contributed by atoms with Gasteiger partial charge in [-0.25, -0.2) is 0 Å². The fraction of sp³-hybridized carbons (Fsp3) is 0.800. The third-order valence-corrected chi connectivity index (χ3v) is 2.70. The van der Waals surface area contributed by atoms with Crippen LogP contribution in [0.1, 0.15) is 0 Å². The summed E-state index contributed by atoms with van der Waals surface area (Å²) in [6.45, 7) is 0. The molecule has 0 aromatic carbocycles. The Balaban J connectivity index is 2.14. The van der Waals surface area contributed by atoms with Gasteiger partial charge in [0.15, 0.2) is 20.5 Å². The number of guanidine groups is 1. The van der Waals surface area contributed by atoms with Crippen LogP contribution in [0.2, 0.25) is 0 Å². The number of aliphatic imine (C=N–C) groups is 1. The highest BCUT2D eigenvalue weighted by molar-refractivity contribution is 7.15. The second kappa shape index (κ2) is 3.06. The molecule has 0 N–H and O–H groups in total. The van der Waals surface area contributed by atoms with Crippen LogP contribution in [0.3, 0.4) is 0 Å². The lowest BCUT2D eigenvalue weighted by molar-refractivity contribution is 0.466. The van der Waals surface area contributed by atoms with E-state index in [0.29, 0.717) is 0 Å². The molecule has 0 saturated carbocycles. The van der Waals surface area contributed by atoms with Crippen LogP contribution in [0.25, 0.3) is 0 Å². The minimum Gasteiger partial charge on any atom is -0.358 e. The van der Waals surface area contributed by atoms with E-state index in [0.717, 1.165) is 12.9 Å². The van der Waals surface area contributed by atoms with Gasteiger partial charge in [0, 0.05) is 6.44 Å². The van der Waals surface area contributed by atoms with E-state index >= 15 is 0 Å². The number of hydrogen-bond donors (Lipinski definition) is 0. The molecule has 3 nitrogen and oxygen atoms in total. The molecule has 1 unspecified atom stereocenters. The van der Waals surface area contributed by atoms with E-state index in [9.17, 15) is 0 Å². The number of nitrogens with zero attached hydrogens (tertiary/aromatic N) is 3. The first-order valence-electron chi connectivity index (χ1n) is 4.19. The Labute approximate surface area is 71.0 Å². The molecule has 58 valence electrons. The van der Waals surface area contributed by atoms with E-state index in [-0.39, 0.29) is 0 Å². The Bertz CT molecular complexity index is 187. The quantitative estimate of drug-likeness (QED) is 0.321. The largest absolute Gasteiger partial charge is 0.358 e. The first kappa shape index (κ1) is 7.48. The van der Waals surface area contributed by atoms with Crippen molar-refractivity contribution in [2.45, 2.75) is 0 Å². The topological polar surface area (TPSA) is 18.8 Å². The van der Waals surface area contributed by atoms with Gasteiger partial charge in [0.05, 0.1) is 0 Å². The molecule has 0 spiro atoms. The van der Waals surface area contributed by atoms with Crippen molar-refractivity contribution in [2.75, 3.05) is 25.8 Å². The first-order chi connectivity index (χ1) is 5.38. The summed E-state index contributed by atoms with van der Waals surface area (Å²) in [5.74, 6) is 1.19. The molecule has 0 radical (unpaired) electrons. The van der Waals surface area contributed by atoms with E-state index in [1.165, 1.54) is 33.4 Å². The monoisotopic (exact) mass is 167 g/mol. The predicted molar refractivity (Wildman–Crippen MR) is 54.6 cm³/mol. The normalized spacial score (nSPS) is 23.2. The highest BCUT2D eigenvalue weighted by atomic mass is 31.0. The van der Waals surface area contributed by atoms with Gasteiger partial charge in [0.2, 0.25) is 0 Å². The molecule has 2 rings (SSSR count). The maximum Gasteiger partial charge on any atom is 0.196 e. The highest BCUT2D eigenvalue weighted by Crippen LogP contribution is 2.11. The molecular weight excluding hydrogens is 155 g/mol. The molecule has 0 aromatic heterocycles. The first-order valence-corrected chi connectivity index (χ1v) is 4.71. The van der Waals surface area contributed by atoms with Gasteiger partial charge in [0.25, 0.3) is 0 Å². The highest BCUT2D eigenvalue weighted by Gasteiger charge is 2.23. The van der Waals surface area contributed by atoms with Crippen molar-refractivity contribution in [3.05, 3.63) is 0 Å². The zero-order chi connectivity index (χ0) is 7.68. The molecule has 0 bridgehead atoms. The van der Waals surface area contributed by atoms with Crippen molar-refractivity contribution < 1.29 is 0 Å². The van der Waals surface area contributed by atoms with E-state index in [1.54, 1.807) is 0 Å². The Morgan fingerprint density at radius 2 is 2.09 bits per heavy atom. The minimum atomic E-state index is 1.01.